The Morgan fingerprint density at radius 2 is 1.89 bits per heavy atom. The predicted octanol–water partition coefficient (Wildman–Crippen LogP) is 3.70. The smallest absolute Gasteiger partial charge is 0.250 e. The van der Waals surface area contributed by atoms with Crippen LogP contribution in [0.5, 0.6) is 5.75 Å². The molecule has 3 aromatic rings. The van der Waals surface area contributed by atoms with Crippen molar-refractivity contribution in [3.8, 4) is 17.1 Å². The molecule has 0 aliphatic heterocycles. The number of methoxy groups -OCH3 is 1. The van der Waals surface area contributed by atoms with E-state index in [1.807, 2.05) is 31.2 Å². The fourth-order valence-corrected chi connectivity index (χ4v) is 5.21. The van der Waals surface area contributed by atoms with Gasteiger partial charge in [-0.3, -0.25) is 4.57 Å². The van der Waals surface area contributed by atoms with Crippen LogP contribution in [0, 0.1) is 0 Å². The summed E-state index contributed by atoms with van der Waals surface area (Å²) in [6.07, 6.45) is 0. The van der Waals surface area contributed by atoms with Crippen LogP contribution in [0.4, 0.5) is 0 Å². The first-order valence-corrected chi connectivity index (χ1v) is 11.4. The molecule has 0 N–H and O–H groups in total. The number of thiazole rings is 1. The van der Waals surface area contributed by atoms with Crippen molar-refractivity contribution in [3.63, 3.8) is 0 Å². The first-order chi connectivity index (χ1) is 13.2. The number of para-hydroxylation sites is 1. The van der Waals surface area contributed by atoms with E-state index in [9.17, 15) is 8.42 Å². The van der Waals surface area contributed by atoms with Crippen molar-refractivity contribution in [1.82, 2.24) is 19.7 Å². The van der Waals surface area contributed by atoms with Crippen molar-refractivity contribution in [2.75, 3.05) is 7.11 Å². The van der Waals surface area contributed by atoms with Gasteiger partial charge in [-0.1, -0.05) is 32.9 Å². The number of rotatable bonds is 6. The summed E-state index contributed by atoms with van der Waals surface area (Å²) in [5.41, 5.74) is 1.11. The van der Waals surface area contributed by atoms with Crippen LogP contribution in [-0.2, 0) is 27.5 Å². The van der Waals surface area contributed by atoms with Crippen LogP contribution in [-0.4, -0.2) is 35.3 Å². The van der Waals surface area contributed by atoms with Crippen molar-refractivity contribution in [3.05, 3.63) is 40.3 Å². The fraction of sp³-hybridized carbons (Fsp3) is 0.421. The molecule has 0 saturated carbocycles. The summed E-state index contributed by atoms with van der Waals surface area (Å²) in [6.45, 7) is 8.44. The summed E-state index contributed by atoms with van der Waals surface area (Å²) in [5.74, 6) is 0.874. The Bertz CT molecular complexity index is 1080. The molecule has 2 aromatic heterocycles. The number of hydrogen-bond acceptors (Lipinski definition) is 7. The van der Waals surface area contributed by atoms with Crippen LogP contribution in [0.15, 0.2) is 34.8 Å². The maximum Gasteiger partial charge on any atom is 0.250 e. The van der Waals surface area contributed by atoms with E-state index < -0.39 is 9.84 Å². The van der Waals surface area contributed by atoms with Gasteiger partial charge in [0.2, 0.25) is 15.0 Å². The molecule has 0 aliphatic rings. The molecule has 0 aliphatic carbocycles. The van der Waals surface area contributed by atoms with E-state index in [0.717, 1.165) is 5.01 Å². The summed E-state index contributed by atoms with van der Waals surface area (Å²) in [7, 11) is -2.13. The molecule has 0 radical (unpaired) electrons. The summed E-state index contributed by atoms with van der Waals surface area (Å²) in [4.78, 5) is 4.50. The highest BCUT2D eigenvalue weighted by molar-refractivity contribution is 7.90. The Balaban J connectivity index is 1.99. The molecule has 28 heavy (non-hydrogen) atoms. The molecule has 9 heteroatoms. The van der Waals surface area contributed by atoms with Crippen molar-refractivity contribution in [2.24, 2.45) is 0 Å². The summed E-state index contributed by atoms with van der Waals surface area (Å²) < 4.78 is 33.1. The van der Waals surface area contributed by atoms with Gasteiger partial charge in [0.15, 0.2) is 5.82 Å². The number of nitrogens with zero attached hydrogens (tertiary/aromatic N) is 4. The third kappa shape index (κ3) is 3.95. The third-order valence-electron chi connectivity index (χ3n) is 4.19. The van der Waals surface area contributed by atoms with Gasteiger partial charge in [-0.05, 0) is 19.1 Å². The normalized spacial score (nSPS) is 12.3. The number of ether oxygens (including phenoxy) is 1. The Labute approximate surface area is 169 Å². The number of benzene rings is 1. The molecular formula is C19H24N4O3S2. The largest absolute Gasteiger partial charge is 0.496 e. The minimum atomic E-state index is -3.70. The average Bonchev–Trinajstić information content (AvgIpc) is 3.27. The molecule has 0 atom stereocenters. The van der Waals surface area contributed by atoms with E-state index in [1.165, 1.54) is 11.3 Å². The van der Waals surface area contributed by atoms with Crippen molar-refractivity contribution in [1.29, 1.82) is 0 Å². The quantitative estimate of drug-likeness (QED) is 0.604. The molecule has 1 aromatic carbocycles. The van der Waals surface area contributed by atoms with Crippen LogP contribution < -0.4 is 4.74 Å². The zero-order valence-electron chi connectivity index (χ0n) is 16.6. The maximum atomic E-state index is 13.0. The molecule has 0 amide bonds. The molecule has 0 bridgehead atoms. The molecule has 0 saturated heterocycles. The van der Waals surface area contributed by atoms with Crippen LogP contribution >= 0.6 is 11.3 Å². The monoisotopic (exact) mass is 420 g/mol. The molecular weight excluding hydrogens is 396 g/mol. The minimum absolute atomic E-state index is 0.0544. The highest BCUT2D eigenvalue weighted by atomic mass is 32.2. The van der Waals surface area contributed by atoms with Crippen molar-refractivity contribution >= 4 is 21.2 Å². The molecule has 3 rings (SSSR count). The average molecular weight is 421 g/mol. The third-order valence-corrected chi connectivity index (χ3v) is 7.04. The van der Waals surface area contributed by atoms with E-state index in [1.54, 1.807) is 17.1 Å². The zero-order valence-corrected chi connectivity index (χ0v) is 18.3. The molecule has 0 unspecified atom stereocenters. The van der Waals surface area contributed by atoms with Gasteiger partial charge < -0.3 is 4.74 Å². The fourth-order valence-electron chi connectivity index (χ4n) is 2.81. The Hall–Kier alpha value is -2.26. The van der Waals surface area contributed by atoms with Gasteiger partial charge in [-0.2, -0.15) is 0 Å². The van der Waals surface area contributed by atoms with Crippen molar-refractivity contribution < 1.29 is 13.2 Å². The molecule has 0 spiro atoms. The number of aromatic nitrogens is 4. The predicted molar refractivity (Wildman–Crippen MR) is 109 cm³/mol. The highest BCUT2D eigenvalue weighted by Gasteiger charge is 2.28. The number of hydrogen-bond donors (Lipinski definition) is 0. The van der Waals surface area contributed by atoms with Gasteiger partial charge in [0.1, 0.15) is 11.5 Å². The van der Waals surface area contributed by atoms with E-state index in [2.05, 4.69) is 36.0 Å². The lowest BCUT2D eigenvalue weighted by atomic mass is 9.98. The molecule has 0 fully saturated rings. The Kier molecular flexibility index (Phi) is 5.58. The van der Waals surface area contributed by atoms with Crippen LogP contribution in [0.25, 0.3) is 11.4 Å². The van der Waals surface area contributed by atoms with Crippen LogP contribution in [0.2, 0.25) is 0 Å². The molecule has 150 valence electrons. The number of sulfone groups is 1. The maximum absolute atomic E-state index is 13.0. The van der Waals surface area contributed by atoms with E-state index in [0.29, 0.717) is 29.4 Å². The lowest BCUT2D eigenvalue weighted by Crippen LogP contribution is -2.14. The first kappa shape index (κ1) is 20.5. The zero-order chi connectivity index (χ0) is 20.5. The van der Waals surface area contributed by atoms with Crippen LogP contribution in [0.1, 0.15) is 38.4 Å². The topological polar surface area (TPSA) is 87.0 Å². The van der Waals surface area contributed by atoms with Gasteiger partial charge in [0, 0.05) is 17.3 Å². The van der Waals surface area contributed by atoms with E-state index in [-0.39, 0.29) is 16.3 Å². The summed E-state index contributed by atoms with van der Waals surface area (Å²) >= 11 is 1.47. The summed E-state index contributed by atoms with van der Waals surface area (Å²) in [6, 6.07) is 7.34. The van der Waals surface area contributed by atoms with Gasteiger partial charge in [-0.15, -0.1) is 21.5 Å². The second kappa shape index (κ2) is 7.63. The highest BCUT2D eigenvalue weighted by Crippen LogP contribution is 2.31. The first-order valence-electron chi connectivity index (χ1n) is 8.91. The summed E-state index contributed by atoms with van der Waals surface area (Å²) in [5, 5.41) is 10.8. The molecule has 7 nitrogen and oxygen atoms in total. The van der Waals surface area contributed by atoms with E-state index in [4.69, 9.17) is 4.74 Å². The lowest BCUT2D eigenvalue weighted by Gasteiger charge is -2.13. The van der Waals surface area contributed by atoms with Gasteiger partial charge >= 0.3 is 0 Å². The minimum Gasteiger partial charge on any atom is -0.496 e. The van der Waals surface area contributed by atoms with E-state index >= 15 is 0 Å². The van der Waals surface area contributed by atoms with Gasteiger partial charge in [-0.25, -0.2) is 13.4 Å². The van der Waals surface area contributed by atoms with Crippen molar-refractivity contribution in [2.45, 2.75) is 50.6 Å². The van der Waals surface area contributed by atoms with Crippen LogP contribution in [0.3, 0.4) is 0 Å². The Morgan fingerprint density at radius 1 is 1.18 bits per heavy atom. The Morgan fingerprint density at radius 3 is 2.50 bits per heavy atom. The second-order valence-electron chi connectivity index (χ2n) is 7.40. The van der Waals surface area contributed by atoms with Gasteiger partial charge in [0.25, 0.3) is 0 Å². The second-order valence-corrected chi connectivity index (χ2v) is 10.1. The molecule has 2 heterocycles. The lowest BCUT2D eigenvalue weighted by molar-refractivity contribution is 0.415. The SMILES string of the molecule is CCn1c(-c2ccccc2OC)nnc1S(=O)(=O)Cc1csc(C(C)(C)C)n1. The van der Waals surface area contributed by atoms with Gasteiger partial charge in [0.05, 0.1) is 23.4 Å². The standard InChI is InChI=1S/C19H24N4O3S2/c1-6-23-16(14-9-7-8-10-15(14)26-5)21-22-18(23)28(24,25)12-13-11-27-17(20-13)19(2,3)4/h7-11H,6,12H2,1-5H3.